The fourth-order valence-electron chi connectivity index (χ4n) is 2.20. The molecule has 0 saturated carbocycles. The van der Waals surface area contributed by atoms with Gasteiger partial charge in [-0.15, -0.1) is 0 Å². The molecule has 0 aliphatic heterocycles. The second-order valence-electron chi connectivity index (χ2n) is 5.41. The molecule has 3 rings (SSSR count). The molecule has 1 amide bonds. The summed E-state index contributed by atoms with van der Waals surface area (Å²) in [6.45, 7) is 0.125. The summed E-state index contributed by atoms with van der Waals surface area (Å²) in [6, 6.07) is 18.4. The van der Waals surface area contributed by atoms with Gasteiger partial charge in [-0.05, 0) is 30.3 Å². The monoisotopic (exact) mass is 352 g/mol. The van der Waals surface area contributed by atoms with Crippen LogP contribution < -0.4 is 14.8 Å². The smallest absolute Gasteiger partial charge is 0.258 e. The van der Waals surface area contributed by atoms with Crippen molar-refractivity contribution in [3.8, 4) is 17.4 Å². The molecule has 132 valence electrons. The molecule has 1 heterocycles. The first-order chi connectivity index (χ1) is 12.7. The van der Waals surface area contributed by atoms with Crippen LogP contribution in [0.4, 0.5) is 4.39 Å². The van der Waals surface area contributed by atoms with Crippen molar-refractivity contribution in [1.29, 1.82) is 0 Å². The molecular formula is C20H17FN2O3. The molecule has 0 unspecified atom stereocenters. The lowest BCUT2D eigenvalue weighted by atomic mass is 10.2. The molecule has 6 heteroatoms. The number of rotatable bonds is 7. The summed E-state index contributed by atoms with van der Waals surface area (Å²) in [4.78, 5) is 16.1. The molecular weight excluding hydrogens is 335 g/mol. The Morgan fingerprint density at radius 1 is 1.00 bits per heavy atom. The standard InChI is InChI=1S/C20H17FN2O3/c21-16-7-4-10-18(12-16)26-20-15(6-5-11-22-20)13-23-19(24)14-25-17-8-2-1-3-9-17/h1-12H,13-14H2,(H,23,24). The Balaban J connectivity index is 1.57. The number of carbonyl (C=O) groups excluding carboxylic acids is 1. The summed E-state index contributed by atoms with van der Waals surface area (Å²) in [6.07, 6.45) is 1.57. The lowest BCUT2D eigenvalue weighted by Gasteiger charge is -2.11. The molecule has 1 N–H and O–H groups in total. The Morgan fingerprint density at radius 2 is 1.81 bits per heavy atom. The maximum Gasteiger partial charge on any atom is 0.258 e. The molecule has 2 aromatic carbocycles. The van der Waals surface area contributed by atoms with E-state index < -0.39 is 5.82 Å². The number of pyridine rings is 1. The number of hydrogen-bond donors (Lipinski definition) is 1. The van der Waals surface area contributed by atoms with Crippen molar-refractivity contribution in [2.45, 2.75) is 6.54 Å². The van der Waals surface area contributed by atoms with E-state index in [0.29, 0.717) is 22.9 Å². The summed E-state index contributed by atoms with van der Waals surface area (Å²) < 4.78 is 24.3. The van der Waals surface area contributed by atoms with Crippen LogP contribution in [0.15, 0.2) is 72.9 Å². The van der Waals surface area contributed by atoms with Crippen LogP contribution in [0.3, 0.4) is 0 Å². The van der Waals surface area contributed by atoms with Gasteiger partial charge in [-0.2, -0.15) is 0 Å². The third-order valence-electron chi connectivity index (χ3n) is 3.45. The maximum atomic E-state index is 13.3. The molecule has 0 saturated heterocycles. The first-order valence-electron chi connectivity index (χ1n) is 8.02. The van der Waals surface area contributed by atoms with E-state index in [1.54, 1.807) is 42.6 Å². The molecule has 26 heavy (non-hydrogen) atoms. The predicted octanol–water partition coefficient (Wildman–Crippen LogP) is 3.71. The van der Waals surface area contributed by atoms with Crippen molar-refractivity contribution in [1.82, 2.24) is 10.3 Å². The highest BCUT2D eigenvalue weighted by Crippen LogP contribution is 2.23. The second kappa shape index (κ2) is 8.62. The number of carbonyl (C=O) groups is 1. The zero-order valence-corrected chi connectivity index (χ0v) is 13.9. The summed E-state index contributed by atoms with van der Waals surface area (Å²) in [5.41, 5.74) is 0.671. The fourth-order valence-corrected chi connectivity index (χ4v) is 2.20. The van der Waals surface area contributed by atoms with Gasteiger partial charge < -0.3 is 14.8 Å². The summed E-state index contributed by atoms with van der Waals surface area (Å²) >= 11 is 0. The molecule has 0 bridgehead atoms. The molecule has 0 aliphatic rings. The van der Waals surface area contributed by atoms with E-state index in [9.17, 15) is 9.18 Å². The Morgan fingerprint density at radius 3 is 2.62 bits per heavy atom. The van der Waals surface area contributed by atoms with Gasteiger partial charge in [0.15, 0.2) is 6.61 Å². The number of amides is 1. The van der Waals surface area contributed by atoms with E-state index in [4.69, 9.17) is 9.47 Å². The first kappa shape index (κ1) is 17.4. The third kappa shape index (κ3) is 5.04. The molecule has 0 fully saturated rings. The lowest BCUT2D eigenvalue weighted by Crippen LogP contribution is -2.28. The van der Waals surface area contributed by atoms with Gasteiger partial charge in [0.2, 0.25) is 5.88 Å². The summed E-state index contributed by atoms with van der Waals surface area (Å²) in [5, 5.41) is 2.75. The van der Waals surface area contributed by atoms with Gasteiger partial charge in [0.1, 0.15) is 17.3 Å². The molecule has 0 atom stereocenters. The van der Waals surface area contributed by atoms with Crippen molar-refractivity contribution in [3.63, 3.8) is 0 Å². The van der Waals surface area contributed by atoms with Crippen molar-refractivity contribution >= 4 is 5.91 Å². The summed E-state index contributed by atoms with van der Waals surface area (Å²) in [5.74, 6) is 0.603. The van der Waals surface area contributed by atoms with E-state index in [0.717, 1.165) is 0 Å². The van der Waals surface area contributed by atoms with Gasteiger partial charge >= 0.3 is 0 Å². The van der Waals surface area contributed by atoms with E-state index in [-0.39, 0.29) is 19.1 Å². The van der Waals surface area contributed by atoms with Crippen LogP contribution in [0.1, 0.15) is 5.56 Å². The zero-order valence-electron chi connectivity index (χ0n) is 13.9. The topological polar surface area (TPSA) is 60.5 Å². The van der Waals surface area contributed by atoms with Crippen molar-refractivity contribution in [2.75, 3.05) is 6.61 Å². The van der Waals surface area contributed by atoms with Gasteiger partial charge in [-0.1, -0.05) is 30.3 Å². The number of halogens is 1. The zero-order chi connectivity index (χ0) is 18.2. The minimum atomic E-state index is -0.397. The minimum absolute atomic E-state index is 0.0929. The van der Waals surface area contributed by atoms with Crippen LogP contribution in [-0.2, 0) is 11.3 Å². The molecule has 0 radical (unpaired) electrons. The third-order valence-corrected chi connectivity index (χ3v) is 3.45. The van der Waals surface area contributed by atoms with Gasteiger partial charge in [0.05, 0.1) is 0 Å². The highest BCUT2D eigenvalue weighted by atomic mass is 19.1. The maximum absolute atomic E-state index is 13.3. The van der Waals surface area contributed by atoms with E-state index >= 15 is 0 Å². The first-order valence-corrected chi connectivity index (χ1v) is 8.02. The van der Waals surface area contributed by atoms with E-state index in [1.807, 2.05) is 18.2 Å². The Kier molecular flexibility index (Phi) is 5.77. The van der Waals surface area contributed by atoms with Crippen LogP contribution in [-0.4, -0.2) is 17.5 Å². The average Bonchev–Trinajstić information content (AvgIpc) is 2.66. The molecule has 3 aromatic rings. The van der Waals surface area contributed by atoms with Gasteiger partial charge in [0, 0.05) is 24.4 Å². The number of benzene rings is 2. The van der Waals surface area contributed by atoms with Crippen LogP contribution in [0.5, 0.6) is 17.4 Å². The van der Waals surface area contributed by atoms with Crippen LogP contribution >= 0.6 is 0 Å². The molecule has 0 aliphatic carbocycles. The predicted molar refractivity (Wildman–Crippen MR) is 94.5 cm³/mol. The fraction of sp³-hybridized carbons (Fsp3) is 0.100. The van der Waals surface area contributed by atoms with E-state index in [1.165, 1.54) is 12.1 Å². The van der Waals surface area contributed by atoms with Gasteiger partial charge in [-0.25, -0.2) is 9.37 Å². The highest BCUT2D eigenvalue weighted by molar-refractivity contribution is 5.77. The number of ether oxygens (including phenoxy) is 2. The number of nitrogens with one attached hydrogen (secondary N) is 1. The second-order valence-corrected chi connectivity index (χ2v) is 5.41. The Hall–Kier alpha value is -3.41. The van der Waals surface area contributed by atoms with Crippen LogP contribution in [0, 0.1) is 5.82 Å². The van der Waals surface area contributed by atoms with Crippen molar-refractivity contribution < 1.29 is 18.7 Å². The van der Waals surface area contributed by atoms with Gasteiger partial charge in [0.25, 0.3) is 5.91 Å². The minimum Gasteiger partial charge on any atom is -0.484 e. The quantitative estimate of drug-likeness (QED) is 0.704. The van der Waals surface area contributed by atoms with Crippen LogP contribution in [0.25, 0.3) is 0 Å². The van der Waals surface area contributed by atoms with E-state index in [2.05, 4.69) is 10.3 Å². The normalized spacial score (nSPS) is 10.2. The lowest BCUT2D eigenvalue weighted by molar-refractivity contribution is -0.123. The number of aromatic nitrogens is 1. The number of nitrogens with zero attached hydrogens (tertiary/aromatic N) is 1. The SMILES string of the molecule is O=C(COc1ccccc1)NCc1cccnc1Oc1cccc(F)c1. The van der Waals surface area contributed by atoms with Crippen molar-refractivity contribution in [2.24, 2.45) is 0 Å². The molecule has 0 spiro atoms. The Labute approximate surface area is 150 Å². The van der Waals surface area contributed by atoms with Crippen LogP contribution in [0.2, 0.25) is 0 Å². The highest BCUT2D eigenvalue weighted by Gasteiger charge is 2.09. The molecule has 5 nitrogen and oxygen atoms in total. The Bertz CT molecular complexity index is 872. The molecule has 1 aromatic heterocycles. The van der Waals surface area contributed by atoms with Crippen molar-refractivity contribution in [3.05, 3.63) is 84.3 Å². The number of para-hydroxylation sites is 1. The van der Waals surface area contributed by atoms with Gasteiger partial charge in [-0.3, -0.25) is 4.79 Å². The number of hydrogen-bond acceptors (Lipinski definition) is 4. The average molecular weight is 352 g/mol. The summed E-state index contributed by atoms with van der Waals surface area (Å²) in [7, 11) is 0. The largest absolute Gasteiger partial charge is 0.484 e.